The van der Waals surface area contributed by atoms with Gasteiger partial charge in [0.05, 0.1) is 25.9 Å². The normalized spacial score (nSPS) is 11.9. The van der Waals surface area contributed by atoms with Crippen molar-refractivity contribution in [1.82, 2.24) is 5.32 Å². The van der Waals surface area contributed by atoms with Crippen molar-refractivity contribution in [2.75, 3.05) is 33.5 Å². The Morgan fingerprint density at radius 2 is 1.95 bits per heavy atom. The average molecular weight is 281 g/mol. The first-order valence-corrected chi connectivity index (χ1v) is 6.76. The van der Waals surface area contributed by atoms with Crippen molar-refractivity contribution < 1.29 is 19.0 Å². The molecule has 5 heteroatoms. The highest BCUT2D eigenvalue weighted by molar-refractivity contribution is 5.77. The smallest absolute Gasteiger partial charge is 0.246 e. The van der Waals surface area contributed by atoms with Crippen LogP contribution in [0.1, 0.15) is 25.5 Å². The zero-order valence-electron chi connectivity index (χ0n) is 12.3. The summed E-state index contributed by atoms with van der Waals surface area (Å²) in [7, 11) is 1.59. The third-order valence-electron chi connectivity index (χ3n) is 2.73. The van der Waals surface area contributed by atoms with Crippen molar-refractivity contribution in [1.29, 1.82) is 0 Å². The predicted octanol–water partition coefficient (Wildman–Crippen LogP) is 1.93. The molecule has 1 N–H and O–H groups in total. The van der Waals surface area contributed by atoms with E-state index < -0.39 is 0 Å². The number of rotatable bonds is 9. The first kappa shape index (κ1) is 16.5. The van der Waals surface area contributed by atoms with Crippen LogP contribution in [0.5, 0.6) is 5.75 Å². The van der Waals surface area contributed by atoms with E-state index in [-0.39, 0.29) is 18.6 Å². The molecule has 1 aromatic rings. The van der Waals surface area contributed by atoms with Crippen molar-refractivity contribution in [3.05, 3.63) is 29.8 Å². The van der Waals surface area contributed by atoms with E-state index in [9.17, 15) is 4.79 Å². The molecule has 0 aromatic heterocycles. The Kier molecular flexibility index (Phi) is 7.69. The fourth-order valence-corrected chi connectivity index (χ4v) is 1.69. The van der Waals surface area contributed by atoms with Crippen LogP contribution in [0.4, 0.5) is 0 Å². The summed E-state index contributed by atoms with van der Waals surface area (Å²) in [6, 6.07) is 7.63. The van der Waals surface area contributed by atoms with Gasteiger partial charge in [-0.2, -0.15) is 0 Å². The summed E-state index contributed by atoms with van der Waals surface area (Å²) < 4.78 is 15.4. The Hall–Kier alpha value is -1.59. The van der Waals surface area contributed by atoms with E-state index in [0.29, 0.717) is 19.8 Å². The monoisotopic (exact) mass is 281 g/mol. The van der Waals surface area contributed by atoms with Gasteiger partial charge in [-0.25, -0.2) is 0 Å². The molecule has 0 aliphatic carbocycles. The van der Waals surface area contributed by atoms with Gasteiger partial charge in [-0.15, -0.1) is 0 Å². The van der Waals surface area contributed by atoms with E-state index in [1.54, 1.807) is 7.11 Å². The van der Waals surface area contributed by atoms with Gasteiger partial charge >= 0.3 is 0 Å². The highest BCUT2D eigenvalue weighted by Crippen LogP contribution is 2.17. The maximum atomic E-state index is 11.7. The van der Waals surface area contributed by atoms with E-state index in [1.807, 2.05) is 38.1 Å². The molecule has 1 rings (SSSR count). The lowest BCUT2D eigenvalue weighted by Crippen LogP contribution is -2.30. The van der Waals surface area contributed by atoms with Crippen molar-refractivity contribution in [3.63, 3.8) is 0 Å². The van der Waals surface area contributed by atoms with Crippen LogP contribution >= 0.6 is 0 Å². The van der Waals surface area contributed by atoms with Gasteiger partial charge in [0.25, 0.3) is 0 Å². The zero-order chi connectivity index (χ0) is 14.8. The van der Waals surface area contributed by atoms with E-state index in [2.05, 4.69) is 5.32 Å². The van der Waals surface area contributed by atoms with Gasteiger partial charge in [0.15, 0.2) is 0 Å². The number of benzene rings is 1. The number of amides is 1. The Morgan fingerprint density at radius 3 is 2.55 bits per heavy atom. The summed E-state index contributed by atoms with van der Waals surface area (Å²) >= 11 is 0. The molecular formula is C15H23NO4. The van der Waals surface area contributed by atoms with E-state index in [4.69, 9.17) is 14.2 Å². The molecule has 0 aliphatic rings. The second-order valence-corrected chi connectivity index (χ2v) is 4.34. The molecule has 112 valence electrons. The Labute approximate surface area is 120 Å². The molecule has 20 heavy (non-hydrogen) atoms. The number of nitrogens with one attached hydrogen (secondary N) is 1. The second-order valence-electron chi connectivity index (χ2n) is 4.34. The lowest BCUT2D eigenvalue weighted by atomic mass is 10.1. The number of methoxy groups -OCH3 is 1. The first-order chi connectivity index (χ1) is 9.67. The highest BCUT2D eigenvalue weighted by atomic mass is 16.5. The van der Waals surface area contributed by atoms with Gasteiger partial charge in [0.2, 0.25) is 5.91 Å². The Morgan fingerprint density at radius 1 is 1.25 bits per heavy atom. The van der Waals surface area contributed by atoms with Crippen LogP contribution in [0.25, 0.3) is 0 Å². The van der Waals surface area contributed by atoms with Gasteiger partial charge in [-0.3, -0.25) is 4.79 Å². The second kappa shape index (κ2) is 9.34. The summed E-state index contributed by atoms with van der Waals surface area (Å²) in [4.78, 5) is 11.7. The van der Waals surface area contributed by atoms with Crippen LogP contribution in [0.3, 0.4) is 0 Å². The van der Waals surface area contributed by atoms with E-state index in [0.717, 1.165) is 11.3 Å². The molecule has 0 heterocycles. The molecule has 0 spiro atoms. The molecule has 1 atom stereocenters. The van der Waals surface area contributed by atoms with E-state index in [1.165, 1.54) is 0 Å². The summed E-state index contributed by atoms with van der Waals surface area (Å²) in [5.74, 6) is 0.695. The predicted molar refractivity (Wildman–Crippen MR) is 76.9 cm³/mol. The highest BCUT2D eigenvalue weighted by Gasteiger charge is 2.09. The standard InChI is InChI=1S/C15H23NO4/c1-4-20-14-7-5-13(6-8-14)12(2)16-15(17)11-19-10-9-18-3/h5-8,12H,4,9-11H2,1-3H3,(H,16,17). The van der Waals surface area contributed by atoms with Gasteiger partial charge < -0.3 is 19.5 Å². The third kappa shape index (κ3) is 6.04. The first-order valence-electron chi connectivity index (χ1n) is 6.76. The molecule has 0 aliphatic heterocycles. The topological polar surface area (TPSA) is 56.8 Å². The number of carbonyl (C=O) groups is 1. The molecule has 1 amide bonds. The van der Waals surface area contributed by atoms with Crippen LogP contribution < -0.4 is 10.1 Å². The fourth-order valence-electron chi connectivity index (χ4n) is 1.69. The van der Waals surface area contributed by atoms with Crippen LogP contribution in [0, 0.1) is 0 Å². The van der Waals surface area contributed by atoms with Crippen molar-refractivity contribution in [3.8, 4) is 5.75 Å². The summed E-state index contributed by atoms with van der Waals surface area (Å²) in [6.07, 6.45) is 0. The van der Waals surface area contributed by atoms with Crippen LogP contribution in [0.15, 0.2) is 24.3 Å². The van der Waals surface area contributed by atoms with Gasteiger partial charge in [0, 0.05) is 7.11 Å². The van der Waals surface area contributed by atoms with Crippen molar-refractivity contribution >= 4 is 5.91 Å². The lowest BCUT2D eigenvalue weighted by Gasteiger charge is -2.15. The minimum Gasteiger partial charge on any atom is -0.494 e. The minimum atomic E-state index is -0.137. The molecular weight excluding hydrogens is 258 g/mol. The van der Waals surface area contributed by atoms with Gasteiger partial charge in [-0.1, -0.05) is 12.1 Å². The molecule has 0 saturated carbocycles. The quantitative estimate of drug-likeness (QED) is 0.703. The number of hydrogen-bond donors (Lipinski definition) is 1. The van der Waals surface area contributed by atoms with Crippen LogP contribution in [-0.2, 0) is 14.3 Å². The van der Waals surface area contributed by atoms with E-state index >= 15 is 0 Å². The zero-order valence-corrected chi connectivity index (χ0v) is 12.3. The van der Waals surface area contributed by atoms with Gasteiger partial charge in [0.1, 0.15) is 12.4 Å². The minimum absolute atomic E-state index is 0.0464. The summed E-state index contributed by atoms with van der Waals surface area (Å²) in [5.41, 5.74) is 1.03. The number of ether oxygens (including phenoxy) is 3. The van der Waals surface area contributed by atoms with Crippen molar-refractivity contribution in [2.24, 2.45) is 0 Å². The maximum absolute atomic E-state index is 11.7. The fraction of sp³-hybridized carbons (Fsp3) is 0.533. The molecule has 0 fully saturated rings. The molecule has 0 bridgehead atoms. The third-order valence-corrected chi connectivity index (χ3v) is 2.73. The number of hydrogen-bond acceptors (Lipinski definition) is 4. The molecule has 1 aromatic carbocycles. The van der Waals surface area contributed by atoms with Gasteiger partial charge in [-0.05, 0) is 31.5 Å². The Bertz CT molecular complexity index is 391. The Balaban J connectivity index is 2.37. The molecule has 0 saturated heterocycles. The largest absolute Gasteiger partial charge is 0.494 e. The molecule has 5 nitrogen and oxygen atoms in total. The van der Waals surface area contributed by atoms with Crippen LogP contribution in [0.2, 0.25) is 0 Å². The van der Waals surface area contributed by atoms with Crippen LogP contribution in [-0.4, -0.2) is 39.4 Å². The lowest BCUT2D eigenvalue weighted by molar-refractivity contribution is -0.126. The summed E-state index contributed by atoms with van der Waals surface area (Å²) in [5, 5.41) is 2.88. The maximum Gasteiger partial charge on any atom is 0.246 e. The molecule has 1 unspecified atom stereocenters. The summed E-state index contributed by atoms with van der Waals surface area (Å²) in [6.45, 7) is 5.47. The average Bonchev–Trinajstić information content (AvgIpc) is 2.45. The van der Waals surface area contributed by atoms with Crippen molar-refractivity contribution in [2.45, 2.75) is 19.9 Å². The molecule has 0 radical (unpaired) electrons. The SMILES string of the molecule is CCOc1ccc(C(C)NC(=O)COCCOC)cc1. The number of carbonyl (C=O) groups excluding carboxylic acids is 1.